The van der Waals surface area contributed by atoms with Gasteiger partial charge in [0.15, 0.2) is 0 Å². The zero-order valence-electron chi connectivity index (χ0n) is 29.1. The first-order chi connectivity index (χ1) is 24.2. The van der Waals surface area contributed by atoms with E-state index in [0.29, 0.717) is 5.56 Å². The molecule has 2 nitrogen and oxygen atoms in total. The van der Waals surface area contributed by atoms with Crippen LogP contribution in [0.25, 0.3) is 53.8 Å². The van der Waals surface area contributed by atoms with E-state index in [0.717, 1.165) is 61.1 Å². The van der Waals surface area contributed by atoms with Gasteiger partial charge in [0, 0.05) is 42.8 Å². The van der Waals surface area contributed by atoms with Crippen LogP contribution in [0.4, 0.5) is 8.78 Å². The summed E-state index contributed by atoms with van der Waals surface area (Å²) in [4.78, 5) is 9.21. The van der Waals surface area contributed by atoms with Crippen LogP contribution in [0.15, 0.2) is 109 Å². The Morgan fingerprint density at radius 2 is 1.63 bits per heavy atom. The molecule has 0 saturated heterocycles. The van der Waals surface area contributed by atoms with Gasteiger partial charge in [0.1, 0.15) is 11.6 Å². The molecule has 0 spiro atoms. The van der Waals surface area contributed by atoms with Crippen molar-refractivity contribution in [2.75, 3.05) is 0 Å². The van der Waals surface area contributed by atoms with Gasteiger partial charge in [-0.25, -0.2) is 8.78 Å². The van der Waals surface area contributed by atoms with Crippen LogP contribution in [0.2, 0.25) is 19.6 Å². The van der Waals surface area contributed by atoms with E-state index in [1.54, 1.807) is 11.3 Å². The maximum atomic E-state index is 14.4. The molecule has 0 unspecified atom stereocenters. The molecule has 1 aliphatic rings. The molecule has 8 rings (SSSR count). The van der Waals surface area contributed by atoms with Crippen molar-refractivity contribution >= 4 is 44.8 Å². The number of halogens is 2. The Balaban J connectivity index is 0.000000222. The Labute approximate surface area is 318 Å². The molecule has 4 aromatic carbocycles. The Morgan fingerprint density at radius 3 is 2.37 bits per heavy atom. The summed E-state index contributed by atoms with van der Waals surface area (Å²) in [7, 11) is -1.23. The summed E-state index contributed by atoms with van der Waals surface area (Å²) in [5.41, 5.74) is 6.31. The van der Waals surface area contributed by atoms with Gasteiger partial charge >= 0.3 is 0 Å². The van der Waals surface area contributed by atoms with E-state index in [4.69, 9.17) is 4.98 Å². The summed E-state index contributed by atoms with van der Waals surface area (Å²) in [5, 5.41) is 3.64. The van der Waals surface area contributed by atoms with Gasteiger partial charge in [-0.2, -0.15) is 11.3 Å². The second-order valence-electron chi connectivity index (χ2n) is 14.2. The van der Waals surface area contributed by atoms with Crippen LogP contribution in [0.3, 0.4) is 0 Å². The predicted molar refractivity (Wildman–Crippen MR) is 209 cm³/mol. The Bertz CT molecular complexity index is 2240. The molecule has 1 fully saturated rings. The van der Waals surface area contributed by atoms with Crippen LogP contribution in [0.1, 0.15) is 37.7 Å². The number of fused-ring (bicyclic) bond motifs is 3. The molecule has 1 radical (unpaired) electrons. The molecule has 1 aliphatic carbocycles. The fourth-order valence-electron chi connectivity index (χ4n) is 6.83. The van der Waals surface area contributed by atoms with Gasteiger partial charge in [-0.15, -0.1) is 59.7 Å². The van der Waals surface area contributed by atoms with Crippen molar-refractivity contribution in [1.82, 2.24) is 9.97 Å². The molecule has 3 aromatic heterocycles. The van der Waals surface area contributed by atoms with E-state index in [1.165, 1.54) is 55.0 Å². The van der Waals surface area contributed by atoms with Gasteiger partial charge in [0.2, 0.25) is 0 Å². The third kappa shape index (κ3) is 8.61. The topological polar surface area (TPSA) is 25.8 Å². The number of nitrogens with zero attached hydrogens (tertiary/aromatic N) is 2. The molecule has 0 atom stereocenters. The van der Waals surface area contributed by atoms with Crippen molar-refractivity contribution in [3.63, 3.8) is 0 Å². The summed E-state index contributed by atoms with van der Waals surface area (Å²) in [6.45, 7) is 7.00. The van der Waals surface area contributed by atoms with E-state index in [9.17, 15) is 8.78 Å². The van der Waals surface area contributed by atoms with E-state index in [2.05, 4.69) is 67.1 Å². The molecule has 0 aliphatic heterocycles. The molecule has 7 aromatic rings. The fraction of sp³-hybridized carbons (Fsp3) is 0.227. The van der Waals surface area contributed by atoms with Gasteiger partial charge in [0.25, 0.3) is 0 Å². The SMILES string of the molecule is C[Si](C)(C)c1ccc(-c2[c-]cccc2)nc1.Fc1ccc(F)c(-c2ccc3c(c2)sc2c(-c4cc(CC5CCCCC5)ccn4)[c-]ccc23)c1.[Ir]. The van der Waals surface area contributed by atoms with Crippen molar-refractivity contribution in [2.45, 2.75) is 58.2 Å². The zero-order valence-corrected chi connectivity index (χ0v) is 33.3. The predicted octanol–water partition coefficient (Wildman–Crippen LogP) is 12.1. The first-order valence-electron chi connectivity index (χ1n) is 17.4. The minimum Gasteiger partial charge on any atom is -0.305 e. The standard InChI is InChI=1S/C30H24F2NS.C14H16NSi.Ir/c31-22-10-12-27(32)26(18-22)21-9-11-23-24-7-4-8-25(30(24)34-29(23)17-21)28-16-20(13-14-33-28)15-19-5-2-1-3-6-19;1-16(2,3)13-9-10-14(15-11-13)12-7-5-4-6-8-12;/h4,7,9-14,16-19H,1-3,5-6,15H2;4-7,9-11H,1-3H3;/q2*-1;. The smallest absolute Gasteiger partial charge is 0.131 e. The molecular weight excluding hydrogens is 847 g/mol. The monoisotopic (exact) mass is 887 g/mol. The quantitative estimate of drug-likeness (QED) is 0.123. The number of pyridine rings is 2. The average molecular weight is 887 g/mol. The van der Waals surface area contributed by atoms with Crippen molar-refractivity contribution in [3.05, 3.63) is 139 Å². The van der Waals surface area contributed by atoms with E-state index in [-0.39, 0.29) is 25.7 Å². The average Bonchev–Trinajstić information content (AvgIpc) is 3.52. The molecule has 51 heavy (non-hydrogen) atoms. The normalized spacial score (nSPS) is 13.4. The van der Waals surface area contributed by atoms with Crippen molar-refractivity contribution in [2.24, 2.45) is 5.92 Å². The second-order valence-corrected chi connectivity index (χ2v) is 20.4. The molecule has 7 heteroatoms. The largest absolute Gasteiger partial charge is 0.305 e. The maximum absolute atomic E-state index is 14.4. The molecule has 1 saturated carbocycles. The second kappa shape index (κ2) is 16.2. The first kappa shape index (κ1) is 36.9. The van der Waals surface area contributed by atoms with Crippen LogP contribution in [0.5, 0.6) is 0 Å². The van der Waals surface area contributed by atoms with Crippen molar-refractivity contribution in [3.8, 4) is 33.6 Å². The Kier molecular flexibility index (Phi) is 11.7. The van der Waals surface area contributed by atoms with Gasteiger partial charge in [-0.3, -0.25) is 0 Å². The third-order valence-corrected chi connectivity index (χ3v) is 12.8. The molecule has 0 bridgehead atoms. The minimum atomic E-state index is -1.23. The van der Waals surface area contributed by atoms with Gasteiger partial charge < -0.3 is 9.97 Å². The first-order valence-corrected chi connectivity index (χ1v) is 21.8. The van der Waals surface area contributed by atoms with Crippen molar-refractivity contribution < 1.29 is 28.9 Å². The number of thiophene rings is 1. The molecular formula is C44H40F2IrN2SSi-2. The van der Waals surface area contributed by atoms with Gasteiger partial charge in [-0.05, 0) is 74.9 Å². The third-order valence-electron chi connectivity index (χ3n) is 9.62. The van der Waals surface area contributed by atoms with Crippen molar-refractivity contribution in [1.29, 1.82) is 0 Å². The van der Waals surface area contributed by atoms with Crippen LogP contribution in [0, 0.1) is 29.7 Å². The van der Waals surface area contributed by atoms with E-state index >= 15 is 0 Å². The van der Waals surface area contributed by atoms with Crippen LogP contribution >= 0.6 is 11.3 Å². The van der Waals surface area contributed by atoms with Crippen LogP contribution < -0.4 is 5.19 Å². The number of benzene rings is 4. The summed E-state index contributed by atoms with van der Waals surface area (Å²) in [6, 6.07) is 36.7. The number of hydrogen-bond acceptors (Lipinski definition) is 3. The van der Waals surface area contributed by atoms with E-state index < -0.39 is 19.7 Å². The van der Waals surface area contributed by atoms with Gasteiger partial charge in [-0.1, -0.05) is 93.0 Å². The van der Waals surface area contributed by atoms with Gasteiger partial charge in [0.05, 0.1) is 8.07 Å². The number of rotatable bonds is 6. The summed E-state index contributed by atoms with van der Waals surface area (Å²) in [6.07, 6.45) is 11.8. The van der Waals surface area contributed by atoms with Crippen LogP contribution in [-0.4, -0.2) is 18.0 Å². The zero-order chi connectivity index (χ0) is 34.7. The number of hydrogen-bond donors (Lipinski definition) is 0. The maximum Gasteiger partial charge on any atom is 0.131 e. The fourth-order valence-corrected chi connectivity index (χ4v) is 9.11. The summed E-state index contributed by atoms with van der Waals surface area (Å²) in [5.74, 6) is -0.0893. The summed E-state index contributed by atoms with van der Waals surface area (Å²) < 4.78 is 30.3. The molecule has 3 heterocycles. The number of aromatic nitrogens is 2. The summed E-state index contributed by atoms with van der Waals surface area (Å²) >= 11 is 1.66. The minimum absolute atomic E-state index is 0. The Morgan fingerprint density at radius 1 is 0.784 bits per heavy atom. The Hall–Kier alpha value is -3.87. The van der Waals surface area contributed by atoms with E-state index in [1.807, 2.05) is 60.9 Å². The molecule has 0 N–H and O–H groups in total. The van der Waals surface area contributed by atoms with Crippen LogP contribution in [-0.2, 0) is 26.5 Å². The molecule has 261 valence electrons. The molecule has 0 amide bonds.